The minimum absolute atomic E-state index is 0.0149. The summed E-state index contributed by atoms with van der Waals surface area (Å²) >= 11 is 0. The minimum Gasteiger partial charge on any atom is -0.481 e. The molecule has 0 aliphatic rings. The van der Waals surface area contributed by atoms with Crippen LogP contribution in [0.3, 0.4) is 0 Å². The standard InChI is InChI=1S/C24H20O2/c1-2-22(24(25)21-14-7-4-8-15-21)26-23-16-10-9-13-20(23)18-17-19-11-5-3-6-12-19/h3-16,22H,2H2,1H3. The molecule has 0 aliphatic carbocycles. The Labute approximate surface area is 154 Å². The van der Waals surface area contributed by atoms with Crippen molar-refractivity contribution < 1.29 is 9.53 Å². The summed E-state index contributed by atoms with van der Waals surface area (Å²) in [4.78, 5) is 12.7. The van der Waals surface area contributed by atoms with Crippen LogP contribution in [0.25, 0.3) is 0 Å². The Kier molecular flexibility index (Phi) is 5.85. The number of carbonyl (C=O) groups is 1. The van der Waals surface area contributed by atoms with Crippen molar-refractivity contribution in [1.29, 1.82) is 0 Å². The number of benzene rings is 3. The molecule has 0 saturated heterocycles. The number of hydrogen-bond acceptors (Lipinski definition) is 2. The van der Waals surface area contributed by atoms with Crippen LogP contribution in [-0.2, 0) is 0 Å². The summed E-state index contributed by atoms with van der Waals surface area (Å²) in [7, 11) is 0. The Balaban J connectivity index is 1.83. The van der Waals surface area contributed by atoms with Gasteiger partial charge in [-0.3, -0.25) is 4.79 Å². The highest BCUT2D eigenvalue weighted by molar-refractivity contribution is 5.99. The molecule has 0 bridgehead atoms. The lowest BCUT2D eigenvalue weighted by molar-refractivity contribution is 0.0786. The van der Waals surface area contributed by atoms with Gasteiger partial charge in [0.05, 0.1) is 5.56 Å². The molecule has 3 aromatic rings. The number of ether oxygens (including phenoxy) is 1. The summed E-state index contributed by atoms with van der Waals surface area (Å²) in [6.07, 6.45) is 0.0610. The zero-order valence-corrected chi connectivity index (χ0v) is 14.7. The molecule has 0 saturated carbocycles. The van der Waals surface area contributed by atoms with Crippen molar-refractivity contribution >= 4 is 5.78 Å². The third-order valence-electron chi connectivity index (χ3n) is 3.99. The molecule has 3 aromatic carbocycles. The summed E-state index contributed by atoms with van der Waals surface area (Å²) in [5.74, 6) is 6.91. The fourth-order valence-corrected chi connectivity index (χ4v) is 2.60. The van der Waals surface area contributed by atoms with Gasteiger partial charge in [0, 0.05) is 11.1 Å². The van der Waals surface area contributed by atoms with E-state index < -0.39 is 6.10 Å². The van der Waals surface area contributed by atoms with Crippen molar-refractivity contribution in [2.24, 2.45) is 0 Å². The van der Waals surface area contributed by atoms with Crippen molar-refractivity contribution in [2.45, 2.75) is 19.4 Å². The first-order valence-electron chi connectivity index (χ1n) is 8.70. The molecule has 2 nitrogen and oxygen atoms in total. The van der Waals surface area contributed by atoms with Gasteiger partial charge in [0.2, 0.25) is 5.78 Å². The monoisotopic (exact) mass is 340 g/mol. The summed E-state index contributed by atoms with van der Waals surface area (Å²) < 4.78 is 6.05. The van der Waals surface area contributed by atoms with Crippen LogP contribution >= 0.6 is 0 Å². The maximum absolute atomic E-state index is 12.7. The second kappa shape index (κ2) is 8.69. The first kappa shape index (κ1) is 17.5. The normalized spacial score (nSPS) is 11.1. The van der Waals surface area contributed by atoms with Crippen molar-refractivity contribution in [1.82, 2.24) is 0 Å². The highest BCUT2D eigenvalue weighted by atomic mass is 16.5. The highest BCUT2D eigenvalue weighted by Gasteiger charge is 2.20. The summed E-state index contributed by atoms with van der Waals surface area (Å²) in [6, 6.07) is 26.6. The van der Waals surface area contributed by atoms with Crippen molar-refractivity contribution in [2.75, 3.05) is 0 Å². The van der Waals surface area contributed by atoms with E-state index in [4.69, 9.17) is 4.74 Å². The Bertz CT molecular complexity index is 918. The van der Waals surface area contributed by atoms with Gasteiger partial charge in [-0.1, -0.05) is 79.4 Å². The summed E-state index contributed by atoms with van der Waals surface area (Å²) in [5, 5.41) is 0. The second-order valence-electron chi connectivity index (χ2n) is 5.86. The lowest BCUT2D eigenvalue weighted by Gasteiger charge is -2.17. The zero-order chi connectivity index (χ0) is 18.2. The first-order valence-corrected chi connectivity index (χ1v) is 8.70. The van der Waals surface area contributed by atoms with Crippen LogP contribution in [0.5, 0.6) is 5.75 Å². The Morgan fingerprint density at radius 2 is 1.46 bits per heavy atom. The molecule has 0 N–H and O–H groups in total. The summed E-state index contributed by atoms with van der Waals surface area (Å²) in [5.41, 5.74) is 2.37. The van der Waals surface area contributed by atoms with E-state index >= 15 is 0 Å². The lowest BCUT2D eigenvalue weighted by atomic mass is 10.0. The van der Waals surface area contributed by atoms with Crippen LogP contribution in [-0.4, -0.2) is 11.9 Å². The van der Waals surface area contributed by atoms with E-state index in [-0.39, 0.29) is 5.78 Å². The Morgan fingerprint density at radius 1 is 0.846 bits per heavy atom. The maximum atomic E-state index is 12.7. The van der Waals surface area contributed by atoms with Gasteiger partial charge < -0.3 is 4.74 Å². The number of Topliss-reactive ketones (excluding diaryl/α,β-unsaturated/α-hetero) is 1. The number of rotatable bonds is 5. The Morgan fingerprint density at radius 3 is 2.15 bits per heavy atom. The fraction of sp³-hybridized carbons (Fsp3) is 0.125. The van der Waals surface area contributed by atoms with Gasteiger partial charge in [0.25, 0.3) is 0 Å². The van der Waals surface area contributed by atoms with Gasteiger partial charge in [0.1, 0.15) is 5.75 Å². The molecule has 1 atom stereocenters. The predicted molar refractivity (Wildman–Crippen MR) is 104 cm³/mol. The van der Waals surface area contributed by atoms with Crippen molar-refractivity contribution in [3.8, 4) is 17.6 Å². The third-order valence-corrected chi connectivity index (χ3v) is 3.99. The predicted octanol–water partition coefficient (Wildman–Crippen LogP) is 5.13. The molecule has 0 fully saturated rings. The van der Waals surface area contributed by atoms with E-state index in [0.717, 1.165) is 11.1 Å². The van der Waals surface area contributed by atoms with E-state index in [1.54, 1.807) is 0 Å². The average molecular weight is 340 g/mol. The molecule has 26 heavy (non-hydrogen) atoms. The zero-order valence-electron chi connectivity index (χ0n) is 14.7. The molecule has 0 spiro atoms. The molecule has 0 heterocycles. The lowest BCUT2D eigenvalue weighted by Crippen LogP contribution is -2.27. The Hall–Kier alpha value is -3.31. The molecule has 0 aliphatic heterocycles. The van der Waals surface area contributed by atoms with E-state index in [1.807, 2.05) is 91.9 Å². The third kappa shape index (κ3) is 4.40. The first-order chi connectivity index (χ1) is 12.8. The molecular weight excluding hydrogens is 320 g/mol. The van der Waals surface area contributed by atoms with Gasteiger partial charge >= 0.3 is 0 Å². The number of carbonyl (C=O) groups excluding carboxylic acids is 1. The minimum atomic E-state index is -0.530. The molecule has 0 amide bonds. The van der Waals surface area contributed by atoms with Crippen LogP contribution in [0, 0.1) is 11.8 Å². The molecule has 0 radical (unpaired) electrons. The fourth-order valence-electron chi connectivity index (χ4n) is 2.60. The molecular formula is C24H20O2. The SMILES string of the molecule is CCC(Oc1ccccc1C#Cc1ccccc1)C(=O)c1ccccc1. The summed E-state index contributed by atoms with van der Waals surface area (Å²) in [6.45, 7) is 1.95. The van der Waals surface area contributed by atoms with Crippen LogP contribution in [0.4, 0.5) is 0 Å². The molecule has 3 rings (SSSR count). The smallest absolute Gasteiger partial charge is 0.203 e. The topological polar surface area (TPSA) is 26.3 Å². The largest absolute Gasteiger partial charge is 0.481 e. The van der Waals surface area contributed by atoms with Crippen LogP contribution in [0.15, 0.2) is 84.9 Å². The number of para-hydroxylation sites is 1. The van der Waals surface area contributed by atoms with Gasteiger partial charge in [-0.15, -0.1) is 0 Å². The number of hydrogen-bond donors (Lipinski definition) is 0. The quantitative estimate of drug-likeness (QED) is 0.475. The average Bonchev–Trinajstić information content (AvgIpc) is 2.72. The van der Waals surface area contributed by atoms with E-state index in [2.05, 4.69) is 11.8 Å². The molecule has 2 heteroatoms. The molecule has 0 aromatic heterocycles. The molecule has 1 unspecified atom stereocenters. The van der Waals surface area contributed by atoms with Crippen LogP contribution in [0.2, 0.25) is 0 Å². The van der Waals surface area contributed by atoms with Crippen LogP contribution < -0.4 is 4.74 Å². The van der Waals surface area contributed by atoms with Crippen molar-refractivity contribution in [3.05, 3.63) is 102 Å². The van der Waals surface area contributed by atoms with Gasteiger partial charge in [-0.25, -0.2) is 0 Å². The van der Waals surface area contributed by atoms with Crippen molar-refractivity contribution in [3.63, 3.8) is 0 Å². The second-order valence-corrected chi connectivity index (χ2v) is 5.86. The molecule has 128 valence electrons. The van der Waals surface area contributed by atoms with E-state index in [9.17, 15) is 4.79 Å². The van der Waals surface area contributed by atoms with Gasteiger partial charge in [-0.05, 0) is 30.7 Å². The van der Waals surface area contributed by atoms with Gasteiger partial charge in [-0.2, -0.15) is 0 Å². The number of ketones is 1. The van der Waals surface area contributed by atoms with E-state index in [0.29, 0.717) is 17.7 Å². The maximum Gasteiger partial charge on any atom is 0.203 e. The van der Waals surface area contributed by atoms with Crippen LogP contribution in [0.1, 0.15) is 34.8 Å². The van der Waals surface area contributed by atoms with E-state index in [1.165, 1.54) is 0 Å². The highest BCUT2D eigenvalue weighted by Crippen LogP contribution is 2.21. The van der Waals surface area contributed by atoms with Gasteiger partial charge in [0.15, 0.2) is 6.10 Å².